The van der Waals surface area contributed by atoms with Gasteiger partial charge in [0.05, 0.1) is 5.69 Å². The predicted octanol–water partition coefficient (Wildman–Crippen LogP) is 4.86. The van der Waals surface area contributed by atoms with Gasteiger partial charge in [0.25, 0.3) is 0 Å². The van der Waals surface area contributed by atoms with E-state index in [1.165, 1.54) is 18.2 Å². The summed E-state index contributed by atoms with van der Waals surface area (Å²) < 4.78 is 21.2. The lowest BCUT2D eigenvalue weighted by atomic mass is 9.97. The van der Waals surface area contributed by atoms with E-state index in [1.54, 1.807) is 18.3 Å². The van der Waals surface area contributed by atoms with Crippen molar-refractivity contribution in [3.63, 3.8) is 0 Å². The van der Waals surface area contributed by atoms with E-state index >= 15 is 0 Å². The van der Waals surface area contributed by atoms with E-state index in [0.717, 1.165) is 53.8 Å². The second-order valence-electron chi connectivity index (χ2n) is 7.28. The molecule has 2 aromatic carbocycles. The summed E-state index contributed by atoms with van der Waals surface area (Å²) in [5, 5.41) is 7.37. The molecular weight excluding hydrogens is 381 g/mol. The predicted molar refractivity (Wildman–Crippen MR) is 114 cm³/mol. The molecule has 0 radical (unpaired) electrons. The van der Waals surface area contributed by atoms with E-state index in [4.69, 9.17) is 4.74 Å². The van der Waals surface area contributed by atoms with Gasteiger partial charge in [-0.1, -0.05) is 30.8 Å². The first-order valence-corrected chi connectivity index (χ1v) is 10.1. The first-order chi connectivity index (χ1) is 14.7. The van der Waals surface area contributed by atoms with Gasteiger partial charge in [0.2, 0.25) is 5.91 Å². The number of amides is 1. The van der Waals surface area contributed by atoms with Crippen LogP contribution in [0.2, 0.25) is 0 Å². The van der Waals surface area contributed by atoms with Crippen LogP contribution in [0.4, 0.5) is 4.39 Å². The topological polar surface area (TPSA) is 56.2 Å². The molecule has 0 saturated carbocycles. The van der Waals surface area contributed by atoms with Crippen LogP contribution in [0.1, 0.15) is 31.1 Å². The molecule has 2 heterocycles. The maximum atomic E-state index is 13.4. The van der Waals surface area contributed by atoms with Crippen molar-refractivity contribution in [2.75, 3.05) is 6.61 Å². The molecule has 6 heteroatoms. The number of hydrogen-bond acceptors (Lipinski definition) is 3. The fraction of sp³-hybridized carbons (Fsp3) is 0.250. The van der Waals surface area contributed by atoms with Gasteiger partial charge in [-0.05, 0) is 66.3 Å². The van der Waals surface area contributed by atoms with Crippen molar-refractivity contribution in [1.29, 1.82) is 0 Å². The molecule has 1 atom stereocenters. The average molecular weight is 405 g/mol. The molecule has 1 aliphatic heterocycles. The summed E-state index contributed by atoms with van der Waals surface area (Å²) in [5.41, 5.74) is 4.70. The quantitative estimate of drug-likeness (QED) is 0.596. The summed E-state index contributed by atoms with van der Waals surface area (Å²) in [6.45, 7) is 4.59. The Morgan fingerprint density at radius 3 is 2.73 bits per heavy atom. The van der Waals surface area contributed by atoms with Crippen molar-refractivity contribution in [2.24, 2.45) is 0 Å². The van der Waals surface area contributed by atoms with Crippen LogP contribution in [0.15, 0.2) is 67.4 Å². The summed E-state index contributed by atoms with van der Waals surface area (Å²) in [6.07, 6.45) is 5.99. The number of rotatable bonds is 6. The summed E-state index contributed by atoms with van der Waals surface area (Å²) in [5.74, 6) is -0.497. The third-order valence-electron chi connectivity index (χ3n) is 5.30. The van der Waals surface area contributed by atoms with Gasteiger partial charge in [-0.15, -0.1) is 0 Å². The molecule has 154 valence electrons. The van der Waals surface area contributed by atoms with Gasteiger partial charge in [-0.3, -0.25) is 4.79 Å². The van der Waals surface area contributed by atoms with E-state index in [9.17, 15) is 9.18 Å². The fourth-order valence-electron chi connectivity index (χ4n) is 3.72. The number of carbonyl (C=O) groups is 1. The van der Waals surface area contributed by atoms with E-state index < -0.39 is 0 Å². The van der Waals surface area contributed by atoms with Gasteiger partial charge in [0, 0.05) is 24.9 Å². The molecule has 1 amide bonds. The highest BCUT2D eigenvalue weighted by molar-refractivity contribution is 5.87. The van der Waals surface area contributed by atoms with Crippen LogP contribution >= 0.6 is 0 Å². The Morgan fingerprint density at radius 2 is 2.00 bits per heavy atom. The molecule has 1 aromatic heterocycles. The fourth-order valence-corrected chi connectivity index (χ4v) is 3.72. The average Bonchev–Trinajstić information content (AvgIpc) is 3.28. The Balaban J connectivity index is 1.76. The number of nitrogens with zero attached hydrogens (tertiary/aromatic N) is 2. The molecule has 1 fully saturated rings. The highest BCUT2D eigenvalue weighted by atomic mass is 19.1. The van der Waals surface area contributed by atoms with Gasteiger partial charge < -0.3 is 10.1 Å². The molecule has 0 spiro atoms. The van der Waals surface area contributed by atoms with E-state index in [-0.39, 0.29) is 18.0 Å². The van der Waals surface area contributed by atoms with E-state index in [0.29, 0.717) is 6.54 Å². The van der Waals surface area contributed by atoms with Crippen LogP contribution in [-0.4, -0.2) is 22.3 Å². The largest absolute Gasteiger partial charge is 0.356 e. The summed E-state index contributed by atoms with van der Waals surface area (Å²) >= 11 is 0. The maximum Gasteiger partial charge on any atom is 0.243 e. The number of nitrogens with one attached hydrogen (secondary N) is 1. The van der Waals surface area contributed by atoms with Crippen LogP contribution in [0.5, 0.6) is 0 Å². The van der Waals surface area contributed by atoms with Crippen molar-refractivity contribution in [1.82, 2.24) is 15.1 Å². The molecule has 1 saturated heterocycles. The molecule has 30 heavy (non-hydrogen) atoms. The maximum absolute atomic E-state index is 13.4. The third-order valence-corrected chi connectivity index (χ3v) is 5.30. The molecule has 4 rings (SSSR count). The second kappa shape index (κ2) is 9.05. The first-order valence-electron chi connectivity index (χ1n) is 10.1. The van der Waals surface area contributed by atoms with Crippen molar-refractivity contribution in [3.05, 3.63) is 78.8 Å². The number of aromatic nitrogens is 2. The lowest BCUT2D eigenvalue weighted by molar-refractivity contribution is -0.116. The minimum atomic E-state index is -0.268. The Bertz CT molecular complexity index is 1040. The van der Waals surface area contributed by atoms with Gasteiger partial charge in [-0.2, -0.15) is 5.10 Å². The van der Waals surface area contributed by atoms with Crippen molar-refractivity contribution in [3.8, 4) is 22.4 Å². The number of carbonyl (C=O) groups excluding carboxylic acids is 1. The standard InChI is InChI=1S/C24H24FN3O2/c1-2-23(29)26-16-19-7-6-18(17-8-10-20(25)11-9-17)15-21(19)22-12-13-27-28(22)24-5-3-4-14-30-24/h2,6-13,15,24H,1,3-5,14,16H2,(H,26,29). The van der Waals surface area contributed by atoms with Gasteiger partial charge >= 0.3 is 0 Å². The van der Waals surface area contributed by atoms with Crippen molar-refractivity contribution in [2.45, 2.75) is 32.0 Å². The normalized spacial score (nSPS) is 16.2. The zero-order valence-corrected chi connectivity index (χ0v) is 16.7. The van der Waals surface area contributed by atoms with Gasteiger partial charge in [0.1, 0.15) is 5.82 Å². The molecule has 3 aromatic rings. The highest BCUT2D eigenvalue weighted by Gasteiger charge is 2.21. The van der Waals surface area contributed by atoms with Crippen LogP contribution < -0.4 is 5.32 Å². The minimum Gasteiger partial charge on any atom is -0.356 e. The Hall–Kier alpha value is -3.25. The third kappa shape index (κ3) is 4.33. The van der Waals surface area contributed by atoms with Crippen LogP contribution in [-0.2, 0) is 16.1 Å². The molecule has 5 nitrogen and oxygen atoms in total. The number of halogens is 1. The molecule has 1 N–H and O–H groups in total. The molecule has 0 bridgehead atoms. The number of benzene rings is 2. The monoisotopic (exact) mass is 405 g/mol. The SMILES string of the molecule is C=CC(=O)NCc1ccc(-c2ccc(F)cc2)cc1-c1ccnn1C1CCCCO1. The highest BCUT2D eigenvalue weighted by Crippen LogP contribution is 2.33. The minimum absolute atomic E-state index is 0.103. The zero-order chi connectivity index (χ0) is 20.9. The van der Waals surface area contributed by atoms with Crippen molar-refractivity contribution < 1.29 is 13.9 Å². The van der Waals surface area contributed by atoms with Crippen LogP contribution in [0.3, 0.4) is 0 Å². The van der Waals surface area contributed by atoms with E-state index in [1.807, 2.05) is 22.9 Å². The first kappa shape index (κ1) is 20.0. The lowest BCUT2D eigenvalue weighted by Crippen LogP contribution is -2.22. The summed E-state index contributed by atoms with van der Waals surface area (Å²) in [7, 11) is 0. The molecule has 0 aliphatic carbocycles. The second-order valence-corrected chi connectivity index (χ2v) is 7.28. The molecule has 1 unspecified atom stereocenters. The smallest absolute Gasteiger partial charge is 0.243 e. The number of hydrogen-bond donors (Lipinski definition) is 1. The summed E-state index contributed by atoms with van der Waals surface area (Å²) in [4.78, 5) is 11.7. The molecule has 1 aliphatic rings. The van der Waals surface area contributed by atoms with Gasteiger partial charge in [-0.25, -0.2) is 9.07 Å². The van der Waals surface area contributed by atoms with E-state index in [2.05, 4.69) is 23.1 Å². The van der Waals surface area contributed by atoms with Gasteiger partial charge in [0.15, 0.2) is 6.23 Å². The van der Waals surface area contributed by atoms with Crippen molar-refractivity contribution >= 4 is 5.91 Å². The Morgan fingerprint density at radius 1 is 1.20 bits per heavy atom. The Kier molecular flexibility index (Phi) is 6.05. The van der Waals surface area contributed by atoms with Crippen LogP contribution in [0.25, 0.3) is 22.4 Å². The molecular formula is C24H24FN3O2. The summed E-state index contributed by atoms with van der Waals surface area (Å²) in [6, 6.07) is 14.4. The number of ether oxygens (including phenoxy) is 1. The Labute approximate surface area is 175 Å². The van der Waals surface area contributed by atoms with Crippen LogP contribution in [0, 0.1) is 5.82 Å². The lowest BCUT2D eigenvalue weighted by Gasteiger charge is -2.25. The zero-order valence-electron chi connectivity index (χ0n) is 16.7.